The van der Waals surface area contributed by atoms with Gasteiger partial charge in [-0.3, -0.25) is 9.59 Å². The number of aryl methyl sites for hydroxylation is 1. The van der Waals surface area contributed by atoms with Crippen molar-refractivity contribution < 1.29 is 9.59 Å². The van der Waals surface area contributed by atoms with Crippen LogP contribution in [0.15, 0.2) is 24.3 Å². The van der Waals surface area contributed by atoms with Crippen molar-refractivity contribution in [3.63, 3.8) is 0 Å². The van der Waals surface area contributed by atoms with Crippen LogP contribution < -0.4 is 10.2 Å². The summed E-state index contributed by atoms with van der Waals surface area (Å²) < 4.78 is 0. The lowest BCUT2D eigenvalue weighted by molar-refractivity contribution is -0.129. The summed E-state index contributed by atoms with van der Waals surface area (Å²) in [5.74, 6) is -0.0922. The second kappa shape index (κ2) is 5.65. The number of hydrogen-bond donors (Lipinski definition) is 1. The van der Waals surface area contributed by atoms with Gasteiger partial charge in [0.1, 0.15) is 5.54 Å². The van der Waals surface area contributed by atoms with Crippen molar-refractivity contribution in [3.05, 3.63) is 29.8 Å². The molecule has 4 heteroatoms. The van der Waals surface area contributed by atoms with E-state index in [1.807, 2.05) is 31.2 Å². The van der Waals surface area contributed by atoms with Crippen LogP contribution >= 0.6 is 0 Å². The first-order valence-corrected chi connectivity index (χ1v) is 7.22. The Hall–Kier alpha value is -1.84. The van der Waals surface area contributed by atoms with E-state index in [9.17, 15) is 9.59 Å². The number of hydrogen-bond acceptors (Lipinski definition) is 2. The Morgan fingerprint density at radius 1 is 1.20 bits per heavy atom. The number of amides is 2. The zero-order chi connectivity index (χ0) is 14.8. The molecule has 1 aromatic carbocycles. The Morgan fingerprint density at radius 3 is 2.40 bits per heavy atom. The third kappa shape index (κ3) is 2.69. The van der Waals surface area contributed by atoms with Crippen LogP contribution in [0.4, 0.5) is 5.69 Å². The van der Waals surface area contributed by atoms with E-state index in [2.05, 4.69) is 12.2 Å². The van der Waals surface area contributed by atoms with Crippen molar-refractivity contribution in [3.8, 4) is 0 Å². The fourth-order valence-electron chi connectivity index (χ4n) is 2.43. The fraction of sp³-hybridized carbons (Fsp3) is 0.500. The third-order valence-corrected chi connectivity index (χ3v) is 4.06. The third-order valence-electron chi connectivity index (χ3n) is 4.06. The molecule has 1 aromatic rings. The Bertz CT molecular complexity index is 510. The molecule has 1 fully saturated rings. The molecule has 0 bridgehead atoms. The minimum absolute atomic E-state index is 0.0323. The van der Waals surface area contributed by atoms with Crippen molar-refractivity contribution in [2.24, 2.45) is 0 Å². The van der Waals surface area contributed by atoms with Crippen LogP contribution in [-0.4, -0.2) is 23.9 Å². The summed E-state index contributed by atoms with van der Waals surface area (Å²) in [5, 5.41) is 2.85. The van der Waals surface area contributed by atoms with Gasteiger partial charge in [0.15, 0.2) is 0 Å². The molecule has 1 heterocycles. The average Bonchev–Trinajstić information content (AvgIpc) is 2.57. The molecule has 2 rings (SSSR count). The number of benzene rings is 1. The molecule has 1 aliphatic heterocycles. The van der Waals surface area contributed by atoms with E-state index in [1.165, 1.54) is 5.56 Å². The lowest BCUT2D eigenvalue weighted by Crippen LogP contribution is -2.54. The number of anilines is 1. The minimum atomic E-state index is -0.809. The summed E-state index contributed by atoms with van der Waals surface area (Å²) in [6, 6.07) is 7.99. The van der Waals surface area contributed by atoms with Gasteiger partial charge >= 0.3 is 0 Å². The highest BCUT2D eigenvalue weighted by molar-refractivity contribution is 6.03. The second-order valence-electron chi connectivity index (χ2n) is 5.46. The number of carbonyl (C=O) groups is 2. The van der Waals surface area contributed by atoms with Crippen LogP contribution in [-0.2, 0) is 16.0 Å². The van der Waals surface area contributed by atoms with E-state index >= 15 is 0 Å². The topological polar surface area (TPSA) is 49.4 Å². The molecule has 0 radical (unpaired) electrons. The van der Waals surface area contributed by atoms with E-state index in [-0.39, 0.29) is 11.8 Å². The molecule has 1 atom stereocenters. The van der Waals surface area contributed by atoms with Gasteiger partial charge in [-0.25, -0.2) is 0 Å². The lowest BCUT2D eigenvalue weighted by Gasteiger charge is -2.31. The van der Waals surface area contributed by atoms with Crippen LogP contribution in [0.3, 0.4) is 0 Å². The highest BCUT2D eigenvalue weighted by Gasteiger charge is 2.39. The zero-order valence-corrected chi connectivity index (χ0v) is 12.4. The second-order valence-corrected chi connectivity index (χ2v) is 5.46. The Labute approximate surface area is 120 Å². The SMILES string of the molecule is CCc1ccc(N2CCC(=O)NC(C)(CC)C2=O)cc1. The van der Waals surface area contributed by atoms with Gasteiger partial charge in [-0.2, -0.15) is 0 Å². The van der Waals surface area contributed by atoms with Crippen molar-refractivity contribution >= 4 is 17.5 Å². The number of carbonyl (C=O) groups excluding carboxylic acids is 2. The molecule has 0 aliphatic carbocycles. The van der Waals surface area contributed by atoms with Crippen LogP contribution in [0.1, 0.15) is 39.2 Å². The molecule has 2 amide bonds. The van der Waals surface area contributed by atoms with Gasteiger partial charge in [-0.15, -0.1) is 0 Å². The maximum Gasteiger partial charge on any atom is 0.252 e. The largest absolute Gasteiger partial charge is 0.342 e. The lowest BCUT2D eigenvalue weighted by atomic mass is 9.97. The van der Waals surface area contributed by atoms with Crippen LogP contribution in [0.25, 0.3) is 0 Å². The normalized spacial score (nSPS) is 23.4. The predicted molar refractivity (Wildman–Crippen MR) is 79.6 cm³/mol. The summed E-state index contributed by atoms with van der Waals surface area (Å²) >= 11 is 0. The summed E-state index contributed by atoms with van der Waals surface area (Å²) in [5.41, 5.74) is 1.30. The molecule has 20 heavy (non-hydrogen) atoms. The molecule has 1 saturated heterocycles. The average molecular weight is 274 g/mol. The zero-order valence-electron chi connectivity index (χ0n) is 12.4. The van der Waals surface area contributed by atoms with E-state index in [0.29, 0.717) is 19.4 Å². The van der Waals surface area contributed by atoms with Gasteiger partial charge in [-0.1, -0.05) is 26.0 Å². The van der Waals surface area contributed by atoms with Crippen molar-refractivity contribution in [2.75, 3.05) is 11.4 Å². The van der Waals surface area contributed by atoms with E-state index in [1.54, 1.807) is 11.8 Å². The summed E-state index contributed by atoms with van der Waals surface area (Å²) in [7, 11) is 0. The van der Waals surface area contributed by atoms with Crippen LogP contribution in [0, 0.1) is 0 Å². The molecule has 1 unspecified atom stereocenters. The first-order valence-electron chi connectivity index (χ1n) is 7.22. The van der Waals surface area contributed by atoms with Crippen LogP contribution in [0.2, 0.25) is 0 Å². The number of nitrogens with zero attached hydrogens (tertiary/aromatic N) is 1. The van der Waals surface area contributed by atoms with E-state index in [4.69, 9.17) is 0 Å². The molecular weight excluding hydrogens is 252 g/mol. The summed E-state index contributed by atoms with van der Waals surface area (Å²) in [4.78, 5) is 26.2. The quantitative estimate of drug-likeness (QED) is 0.919. The van der Waals surface area contributed by atoms with E-state index < -0.39 is 5.54 Å². The van der Waals surface area contributed by atoms with Crippen LogP contribution in [0.5, 0.6) is 0 Å². The van der Waals surface area contributed by atoms with Crippen molar-refractivity contribution in [2.45, 2.75) is 45.6 Å². The maximum absolute atomic E-state index is 12.7. The van der Waals surface area contributed by atoms with Crippen molar-refractivity contribution in [1.82, 2.24) is 5.32 Å². The summed E-state index contributed by atoms with van der Waals surface area (Å²) in [6.45, 7) is 6.25. The first kappa shape index (κ1) is 14.6. The van der Waals surface area contributed by atoms with Gasteiger partial charge in [-0.05, 0) is 37.5 Å². The molecule has 4 nitrogen and oxygen atoms in total. The molecule has 108 valence electrons. The smallest absolute Gasteiger partial charge is 0.252 e. The predicted octanol–water partition coefficient (Wildman–Crippen LogP) is 2.27. The van der Waals surface area contributed by atoms with Crippen molar-refractivity contribution in [1.29, 1.82) is 0 Å². The maximum atomic E-state index is 12.7. The molecular formula is C16H22N2O2. The minimum Gasteiger partial charge on any atom is -0.342 e. The first-order chi connectivity index (χ1) is 9.50. The van der Waals surface area contributed by atoms with Gasteiger partial charge in [0.2, 0.25) is 5.91 Å². The van der Waals surface area contributed by atoms with E-state index in [0.717, 1.165) is 12.1 Å². The molecule has 1 N–H and O–H groups in total. The Morgan fingerprint density at radius 2 is 1.85 bits per heavy atom. The van der Waals surface area contributed by atoms with Gasteiger partial charge in [0.25, 0.3) is 5.91 Å². The highest BCUT2D eigenvalue weighted by atomic mass is 16.2. The molecule has 0 spiro atoms. The molecule has 0 saturated carbocycles. The Kier molecular flexibility index (Phi) is 4.12. The summed E-state index contributed by atoms with van der Waals surface area (Å²) in [6.07, 6.45) is 1.90. The standard InChI is InChI=1S/C16H22N2O2/c1-4-12-6-8-13(9-7-12)18-11-10-14(19)17-16(3,5-2)15(18)20/h6-9H,4-5,10-11H2,1-3H3,(H,17,19). The molecule has 1 aliphatic rings. The number of nitrogens with one attached hydrogen (secondary N) is 1. The fourth-order valence-corrected chi connectivity index (χ4v) is 2.43. The van der Waals surface area contributed by atoms with Gasteiger partial charge in [0.05, 0.1) is 0 Å². The van der Waals surface area contributed by atoms with Gasteiger partial charge in [0, 0.05) is 18.7 Å². The monoisotopic (exact) mass is 274 g/mol. The molecule has 0 aromatic heterocycles. The number of rotatable bonds is 3. The Balaban J connectivity index is 2.33. The highest BCUT2D eigenvalue weighted by Crippen LogP contribution is 2.24. The van der Waals surface area contributed by atoms with Gasteiger partial charge < -0.3 is 10.2 Å².